The molecule has 1 saturated heterocycles. The first-order valence-corrected chi connectivity index (χ1v) is 7.88. The first kappa shape index (κ1) is 15.3. The van der Waals surface area contributed by atoms with Crippen LogP contribution in [0.4, 0.5) is 0 Å². The van der Waals surface area contributed by atoms with Crippen molar-refractivity contribution in [2.24, 2.45) is 5.41 Å². The average molecular weight is 276 g/mol. The third kappa shape index (κ3) is 3.95. The first-order chi connectivity index (χ1) is 9.49. The van der Waals surface area contributed by atoms with Crippen molar-refractivity contribution in [1.29, 1.82) is 0 Å². The summed E-state index contributed by atoms with van der Waals surface area (Å²) in [6.07, 6.45) is 9.48. The van der Waals surface area contributed by atoms with Crippen LogP contribution in [0, 0.1) is 5.41 Å². The van der Waals surface area contributed by atoms with E-state index in [1.165, 1.54) is 30.4 Å². The zero-order valence-electron chi connectivity index (χ0n) is 13.1. The molecule has 0 atom stereocenters. The van der Waals surface area contributed by atoms with Gasteiger partial charge in [0.05, 0.1) is 0 Å². The molecule has 1 aliphatic carbocycles. The van der Waals surface area contributed by atoms with E-state index in [9.17, 15) is 4.79 Å². The van der Waals surface area contributed by atoms with Gasteiger partial charge in [-0.1, -0.05) is 25.5 Å². The second kappa shape index (κ2) is 6.57. The van der Waals surface area contributed by atoms with Crippen molar-refractivity contribution in [3.05, 3.63) is 23.3 Å². The Labute approximate surface area is 122 Å². The summed E-state index contributed by atoms with van der Waals surface area (Å²) in [4.78, 5) is 12.0. The number of hydrogen-bond donors (Lipinski definition) is 2. The molecular formula is C17H28N2O. The highest BCUT2D eigenvalue weighted by atomic mass is 16.1. The molecule has 0 unspecified atom stereocenters. The van der Waals surface area contributed by atoms with E-state index in [1.807, 2.05) is 6.08 Å². The summed E-state index contributed by atoms with van der Waals surface area (Å²) >= 11 is 0. The lowest BCUT2D eigenvalue weighted by molar-refractivity contribution is -0.117. The minimum absolute atomic E-state index is 0.0542. The highest BCUT2D eigenvalue weighted by Gasteiger charge is 2.26. The monoisotopic (exact) mass is 276 g/mol. The van der Waals surface area contributed by atoms with E-state index in [4.69, 9.17) is 0 Å². The van der Waals surface area contributed by atoms with Crippen molar-refractivity contribution in [2.75, 3.05) is 13.1 Å². The van der Waals surface area contributed by atoms with E-state index in [1.54, 1.807) is 6.08 Å². The number of nitrogens with one attached hydrogen (secondary N) is 2. The van der Waals surface area contributed by atoms with Gasteiger partial charge in [0.2, 0.25) is 5.91 Å². The Morgan fingerprint density at radius 3 is 2.70 bits per heavy atom. The quantitative estimate of drug-likeness (QED) is 0.778. The van der Waals surface area contributed by atoms with Gasteiger partial charge in [-0.15, -0.1) is 0 Å². The highest BCUT2D eigenvalue weighted by Crippen LogP contribution is 2.40. The van der Waals surface area contributed by atoms with E-state index in [-0.39, 0.29) is 11.3 Å². The predicted octanol–water partition coefficient (Wildman–Crippen LogP) is 2.94. The molecule has 20 heavy (non-hydrogen) atoms. The molecule has 3 nitrogen and oxygen atoms in total. The maximum atomic E-state index is 12.0. The molecule has 2 aliphatic rings. The minimum atomic E-state index is 0.0542. The molecule has 2 N–H and O–H groups in total. The van der Waals surface area contributed by atoms with Crippen LogP contribution in [0.25, 0.3) is 0 Å². The standard InChI is InChI=1S/C17H28N2O/c1-13-5-4-10-17(2,3)15(13)6-7-16(20)19-14-8-11-18-12-9-14/h6-7,14,18H,4-5,8-12H2,1-3H3,(H,19,20)/b7-6+. The van der Waals surface area contributed by atoms with E-state index < -0.39 is 0 Å². The Morgan fingerprint density at radius 1 is 1.35 bits per heavy atom. The smallest absolute Gasteiger partial charge is 0.244 e. The number of rotatable bonds is 3. The van der Waals surface area contributed by atoms with Gasteiger partial charge in [0.15, 0.2) is 0 Å². The van der Waals surface area contributed by atoms with Gasteiger partial charge in [-0.2, -0.15) is 0 Å². The maximum Gasteiger partial charge on any atom is 0.244 e. The number of piperidine rings is 1. The van der Waals surface area contributed by atoms with Gasteiger partial charge in [0.25, 0.3) is 0 Å². The molecule has 112 valence electrons. The highest BCUT2D eigenvalue weighted by molar-refractivity contribution is 5.88. The number of amides is 1. The van der Waals surface area contributed by atoms with E-state index in [0.717, 1.165) is 25.9 Å². The molecule has 0 saturated carbocycles. The van der Waals surface area contributed by atoms with Crippen LogP contribution in [0.3, 0.4) is 0 Å². The van der Waals surface area contributed by atoms with Gasteiger partial charge in [-0.3, -0.25) is 4.79 Å². The number of carbonyl (C=O) groups excluding carboxylic acids is 1. The van der Waals surface area contributed by atoms with E-state index in [2.05, 4.69) is 31.4 Å². The Morgan fingerprint density at radius 2 is 2.05 bits per heavy atom. The van der Waals surface area contributed by atoms with Crippen molar-refractivity contribution in [2.45, 2.75) is 58.9 Å². The van der Waals surface area contributed by atoms with Crippen LogP contribution in [0.1, 0.15) is 52.9 Å². The summed E-state index contributed by atoms with van der Waals surface area (Å²) in [6, 6.07) is 0.336. The summed E-state index contributed by atoms with van der Waals surface area (Å²) in [7, 11) is 0. The third-order valence-electron chi connectivity index (χ3n) is 4.63. The molecule has 0 aromatic rings. The Kier molecular flexibility index (Phi) is 5.03. The lowest BCUT2D eigenvalue weighted by Crippen LogP contribution is -2.42. The van der Waals surface area contributed by atoms with Crippen molar-refractivity contribution in [1.82, 2.24) is 10.6 Å². The molecule has 1 fully saturated rings. The summed E-state index contributed by atoms with van der Waals surface area (Å²) in [5.41, 5.74) is 2.99. The number of hydrogen-bond acceptors (Lipinski definition) is 2. The fraction of sp³-hybridized carbons (Fsp3) is 0.706. The minimum Gasteiger partial charge on any atom is -0.350 e. The number of allylic oxidation sites excluding steroid dienone is 3. The van der Waals surface area contributed by atoms with E-state index in [0.29, 0.717) is 6.04 Å². The molecule has 1 amide bonds. The second-order valence-corrected chi connectivity index (χ2v) is 6.80. The molecule has 1 aliphatic heterocycles. The molecule has 0 radical (unpaired) electrons. The molecule has 0 aromatic carbocycles. The van der Waals surface area contributed by atoms with Crippen molar-refractivity contribution < 1.29 is 4.79 Å². The molecule has 3 heteroatoms. The second-order valence-electron chi connectivity index (χ2n) is 6.80. The lowest BCUT2D eigenvalue weighted by Gasteiger charge is -2.32. The SMILES string of the molecule is CC1=C(/C=C/C(=O)NC2CCNCC2)C(C)(C)CCC1. The normalized spacial score (nSPS) is 24.1. The summed E-state index contributed by atoms with van der Waals surface area (Å²) < 4.78 is 0. The third-order valence-corrected chi connectivity index (χ3v) is 4.63. The maximum absolute atomic E-state index is 12.0. The van der Waals surface area contributed by atoms with Gasteiger partial charge < -0.3 is 10.6 Å². The van der Waals surface area contributed by atoms with Gasteiger partial charge >= 0.3 is 0 Å². The Hall–Kier alpha value is -1.09. The van der Waals surface area contributed by atoms with Crippen molar-refractivity contribution >= 4 is 5.91 Å². The Bertz CT molecular complexity index is 415. The molecule has 0 bridgehead atoms. The summed E-state index contributed by atoms with van der Waals surface area (Å²) in [6.45, 7) is 8.77. The van der Waals surface area contributed by atoms with Crippen LogP contribution >= 0.6 is 0 Å². The van der Waals surface area contributed by atoms with Crippen LogP contribution in [0.5, 0.6) is 0 Å². The zero-order chi connectivity index (χ0) is 14.6. The van der Waals surface area contributed by atoms with Gasteiger partial charge in [0, 0.05) is 12.1 Å². The van der Waals surface area contributed by atoms with Crippen molar-refractivity contribution in [3.8, 4) is 0 Å². The van der Waals surface area contributed by atoms with Crippen LogP contribution in [-0.4, -0.2) is 25.0 Å². The van der Waals surface area contributed by atoms with Crippen molar-refractivity contribution in [3.63, 3.8) is 0 Å². The fourth-order valence-corrected chi connectivity index (χ4v) is 3.38. The Balaban J connectivity index is 1.95. The molecule has 2 rings (SSSR count). The molecule has 1 heterocycles. The van der Waals surface area contributed by atoms with Crippen LogP contribution in [-0.2, 0) is 4.79 Å². The van der Waals surface area contributed by atoms with Crippen LogP contribution in [0.2, 0.25) is 0 Å². The van der Waals surface area contributed by atoms with Gasteiger partial charge in [-0.25, -0.2) is 0 Å². The lowest BCUT2D eigenvalue weighted by atomic mass is 9.72. The molecule has 0 spiro atoms. The van der Waals surface area contributed by atoms with E-state index >= 15 is 0 Å². The zero-order valence-corrected chi connectivity index (χ0v) is 13.1. The molecule has 0 aromatic heterocycles. The van der Waals surface area contributed by atoms with Gasteiger partial charge in [0.1, 0.15) is 0 Å². The average Bonchev–Trinajstić information content (AvgIpc) is 2.38. The summed E-state index contributed by atoms with van der Waals surface area (Å²) in [5, 5.41) is 6.42. The first-order valence-electron chi connectivity index (χ1n) is 7.88. The number of carbonyl (C=O) groups is 1. The topological polar surface area (TPSA) is 41.1 Å². The van der Waals surface area contributed by atoms with Crippen LogP contribution in [0.15, 0.2) is 23.3 Å². The predicted molar refractivity (Wildman–Crippen MR) is 83.5 cm³/mol. The molecular weight excluding hydrogens is 248 g/mol. The van der Waals surface area contributed by atoms with Crippen LogP contribution < -0.4 is 10.6 Å². The fourth-order valence-electron chi connectivity index (χ4n) is 3.38. The largest absolute Gasteiger partial charge is 0.350 e. The van der Waals surface area contributed by atoms with Gasteiger partial charge in [-0.05, 0) is 63.1 Å². The summed E-state index contributed by atoms with van der Waals surface area (Å²) in [5.74, 6) is 0.0542.